The van der Waals surface area contributed by atoms with Crippen LogP contribution in [-0.2, 0) is 4.74 Å². The molecule has 0 unspecified atom stereocenters. The van der Waals surface area contributed by atoms with Crippen molar-refractivity contribution in [1.29, 1.82) is 5.26 Å². The summed E-state index contributed by atoms with van der Waals surface area (Å²) < 4.78 is 4.93. The van der Waals surface area contributed by atoms with Gasteiger partial charge in [-0.15, -0.1) is 0 Å². The first-order valence-corrected chi connectivity index (χ1v) is 4.42. The standard InChI is InChI=1S/C10H10N2O3/c1-2-15-6-9(13)8-3-7(4-11)10(14)12-5-8/h3,5H,2,6H2,1H3,(H,12,14). The summed E-state index contributed by atoms with van der Waals surface area (Å²) in [6.07, 6.45) is 1.28. The maximum absolute atomic E-state index is 11.4. The van der Waals surface area contributed by atoms with Gasteiger partial charge >= 0.3 is 0 Å². The quantitative estimate of drug-likeness (QED) is 0.725. The molecule has 0 radical (unpaired) electrons. The van der Waals surface area contributed by atoms with Crippen LogP contribution in [0.25, 0.3) is 0 Å². The third-order valence-corrected chi connectivity index (χ3v) is 1.78. The number of aromatic nitrogens is 1. The number of hydrogen-bond acceptors (Lipinski definition) is 4. The Hall–Kier alpha value is -1.93. The lowest BCUT2D eigenvalue weighted by molar-refractivity contribution is 0.0783. The van der Waals surface area contributed by atoms with Crippen LogP contribution in [-0.4, -0.2) is 24.0 Å². The molecule has 0 saturated carbocycles. The average Bonchev–Trinajstić information content (AvgIpc) is 2.26. The first-order valence-electron chi connectivity index (χ1n) is 4.42. The van der Waals surface area contributed by atoms with E-state index in [2.05, 4.69) is 4.98 Å². The van der Waals surface area contributed by atoms with Crippen LogP contribution in [0, 0.1) is 11.3 Å². The third kappa shape index (κ3) is 2.76. The highest BCUT2D eigenvalue weighted by Gasteiger charge is 2.08. The molecule has 0 atom stereocenters. The number of Topliss-reactive ketones (excluding diaryl/α,β-unsaturated/α-hetero) is 1. The van der Waals surface area contributed by atoms with E-state index in [0.717, 1.165) is 0 Å². The average molecular weight is 206 g/mol. The van der Waals surface area contributed by atoms with Crippen molar-refractivity contribution in [2.24, 2.45) is 0 Å². The fraction of sp³-hybridized carbons (Fsp3) is 0.300. The third-order valence-electron chi connectivity index (χ3n) is 1.78. The van der Waals surface area contributed by atoms with Gasteiger partial charge in [0.15, 0.2) is 5.78 Å². The van der Waals surface area contributed by atoms with E-state index in [1.54, 1.807) is 13.0 Å². The van der Waals surface area contributed by atoms with Gasteiger partial charge in [0, 0.05) is 18.4 Å². The number of ether oxygens (including phenoxy) is 1. The summed E-state index contributed by atoms with van der Waals surface area (Å²) in [5.74, 6) is -0.260. The number of carbonyl (C=O) groups is 1. The van der Waals surface area contributed by atoms with Gasteiger partial charge in [0.05, 0.1) is 0 Å². The second kappa shape index (κ2) is 5.08. The van der Waals surface area contributed by atoms with Crippen LogP contribution < -0.4 is 5.56 Å². The van der Waals surface area contributed by atoms with Gasteiger partial charge in [-0.1, -0.05) is 0 Å². The van der Waals surface area contributed by atoms with Gasteiger partial charge in [0.1, 0.15) is 18.2 Å². The molecule has 15 heavy (non-hydrogen) atoms. The van der Waals surface area contributed by atoms with Gasteiger partial charge in [-0.2, -0.15) is 5.26 Å². The van der Waals surface area contributed by atoms with Crippen LogP contribution in [0.3, 0.4) is 0 Å². The molecule has 1 aromatic rings. The van der Waals surface area contributed by atoms with Crippen molar-refractivity contribution in [2.75, 3.05) is 13.2 Å². The number of aromatic amines is 1. The normalized spacial score (nSPS) is 9.60. The largest absolute Gasteiger partial charge is 0.374 e. The number of nitriles is 1. The van der Waals surface area contributed by atoms with E-state index in [0.29, 0.717) is 6.61 Å². The predicted molar refractivity (Wildman–Crippen MR) is 52.6 cm³/mol. The van der Waals surface area contributed by atoms with Crippen LogP contribution in [0.2, 0.25) is 0 Å². The maximum Gasteiger partial charge on any atom is 0.265 e. The Morgan fingerprint density at radius 3 is 3.00 bits per heavy atom. The molecular formula is C10H10N2O3. The number of nitrogens with zero attached hydrogens (tertiary/aromatic N) is 1. The smallest absolute Gasteiger partial charge is 0.265 e. The van der Waals surface area contributed by atoms with Gasteiger partial charge in [0.2, 0.25) is 0 Å². The molecule has 0 aliphatic rings. The topological polar surface area (TPSA) is 83.0 Å². The molecule has 0 amide bonds. The summed E-state index contributed by atoms with van der Waals surface area (Å²) in [6.45, 7) is 2.18. The minimum atomic E-state index is -0.495. The number of pyridine rings is 1. The Morgan fingerprint density at radius 1 is 1.67 bits per heavy atom. The van der Waals surface area contributed by atoms with Crippen LogP contribution in [0.5, 0.6) is 0 Å². The minimum absolute atomic E-state index is 0.0482. The van der Waals surface area contributed by atoms with Gasteiger partial charge in [-0.3, -0.25) is 9.59 Å². The molecule has 1 aromatic heterocycles. The zero-order valence-electron chi connectivity index (χ0n) is 8.24. The van der Waals surface area contributed by atoms with Crippen LogP contribution >= 0.6 is 0 Å². The molecule has 0 spiro atoms. The molecule has 0 aromatic carbocycles. The second-order valence-electron chi connectivity index (χ2n) is 2.80. The van der Waals surface area contributed by atoms with Crippen LogP contribution in [0.4, 0.5) is 0 Å². The minimum Gasteiger partial charge on any atom is -0.374 e. The highest BCUT2D eigenvalue weighted by atomic mass is 16.5. The van der Waals surface area contributed by atoms with E-state index in [1.807, 2.05) is 0 Å². The molecule has 78 valence electrons. The summed E-state index contributed by atoms with van der Waals surface area (Å²) in [4.78, 5) is 24.8. The Morgan fingerprint density at radius 2 is 2.40 bits per heavy atom. The number of nitrogens with one attached hydrogen (secondary N) is 1. The first kappa shape index (κ1) is 11.1. The number of carbonyl (C=O) groups excluding carboxylic acids is 1. The maximum atomic E-state index is 11.4. The zero-order valence-corrected chi connectivity index (χ0v) is 8.24. The summed E-state index contributed by atoms with van der Waals surface area (Å²) in [7, 11) is 0. The molecule has 0 aliphatic carbocycles. The molecule has 1 heterocycles. The van der Waals surface area contributed by atoms with Crippen molar-refractivity contribution in [3.05, 3.63) is 33.7 Å². The van der Waals surface area contributed by atoms with Crippen molar-refractivity contribution in [1.82, 2.24) is 4.98 Å². The Labute approximate surface area is 86.3 Å². The molecular weight excluding hydrogens is 196 g/mol. The van der Waals surface area contributed by atoms with E-state index in [1.165, 1.54) is 12.3 Å². The molecule has 0 fully saturated rings. The number of H-pyrrole nitrogens is 1. The van der Waals surface area contributed by atoms with Crippen molar-refractivity contribution in [3.63, 3.8) is 0 Å². The van der Waals surface area contributed by atoms with Gasteiger partial charge in [-0.05, 0) is 13.0 Å². The lowest BCUT2D eigenvalue weighted by Gasteiger charge is -2.00. The van der Waals surface area contributed by atoms with E-state index in [9.17, 15) is 9.59 Å². The van der Waals surface area contributed by atoms with E-state index < -0.39 is 5.56 Å². The first-order chi connectivity index (χ1) is 7.19. The molecule has 5 nitrogen and oxygen atoms in total. The molecule has 0 saturated heterocycles. The van der Waals surface area contributed by atoms with Crippen molar-refractivity contribution < 1.29 is 9.53 Å². The zero-order chi connectivity index (χ0) is 11.3. The van der Waals surface area contributed by atoms with Gasteiger partial charge in [0.25, 0.3) is 5.56 Å². The molecule has 0 bridgehead atoms. The Bertz CT molecular complexity index is 456. The summed E-state index contributed by atoms with van der Waals surface area (Å²) in [5.41, 5.74) is -0.289. The van der Waals surface area contributed by atoms with Crippen molar-refractivity contribution in [2.45, 2.75) is 6.92 Å². The van der Waals surface area contributed by atoms with E-state index in [-0.39, 0.29) is 23.5 Å². The summed E-state index contributed by atoms with van der Waals surface area (Å²) in [6, 6.07) is 2.97. The molecule has 5 heteroatoms. The molecule has 1 N–H and O–H groups in total. The van der Waals surface area contributed by atoms with Crippen molar-refractivity contribution >= 4 is 5.78 Å². The van der Waals surface area contributed by atoms with Crippen molar-refractivity contribution in [3.8, 4) is 6.07 Å². The Kier molecular flexibility index (Phi) is 3.77. The molecule has 1 rings (SSSR count). The number of rotatable bonds is 4. The highest BCUT2D eigenvalue weighted by Crippen LogP contribution is 1.99. The number of ketones is 1. The fourth-order valence-corrected chi connectivity index (χ4v) is 1.01. The van der Waals surface area contributed by atoms with Crippen LogP contribution in [0.15, 0.2) is 17.1 Å². The predicted octanol–water partition coefficient (Wildman–Crippen LogP) is 0.466. The second-order valence-corrected chi connectivity index (χ2v) is 2.80. The summed E-state index contributed by atoms with van der Waals surface area (Å²) >= 11 is 0. The highest BCUT2D eigenvalue weighted by molar-refractivity contribution is 5.97. The monoisotopic (exact) mass is 206 g/mol. The van der Waals surface area contributed by atoms with Gasteiger partial charge < -0.3 is 9.72 Å². The van der Waals surface area contributed by atoms with Crippen LogP contribution in [0.1, 0.15) is 22.8 Å². The van der Waals surface area contributed by atoms with Gasteiger partial charge in [-0.25, -0.2) is 0 Å². The Balaban J connectivity index is 2.92. The lowest BCUT2D eigenvalue weighted by atomic mass is 10.1. The SMILES string of the molecule is CCOCC(=O)c1c[nH]c(=O)c(C#N)c1. The lowest BCUT2D eigenvalue weighted by Crippen LogP contribution is -2.15. The fourth-order valence-electron chi connectivity index (χ4n) is 1.01. The molecule has 0 aliphatic heterocycles. The van der Waals surface area contributed by atoms with E-state index >= 15 is 0 Å². The summed E-state index contributed by atoms with van der Waals surface area (Å²) in [5, 5.41) is 8.59. The van der Waals surface area contributed by atoms with E-state index in [4.69, 9.17) is 10.00 Å². The number of hydrogen-bond donors (Lipinski definition) is 1.